The number of aromatic nitrogens is 2. The number of ether oxygens (including phenoxy) is 1. The van der Waals surface area contributed by atoms with Gasteiger partial charge in [0.2, 0.25) is 0 Å². The first-order valence-corrected chi connectivity index (χ1v) is 8.26. The summed E-state index contributed by atoms with van der Waals surface area (Å²) in [6.45, 7) is -0.0250. The number of amides is 1. The molecule has 3 rings (SSSR count). The molecule has 0 fully saturated rings. The average molecular weight is 398 g/mol. The van der Waals surface area contributed by atoms with E-state index in [-0.39, 0.29) is 29.4 Å². The topological polar surface area (TPSA) is 123 Å². The molecule has 10 heteroatoms. The second kappa shape index (κ2) is 8.20. The van der Waals surface area contributed by atoms with Gasteiger partial charge in [-0.25, -0.2) is 4.68 Å². The highest BCUT2D eigenvalue weighted by Crippen LogP contribution is 2.22. The minimum atomic E-state index is -0.615. The summed E-state index contributed by atoms with van der Waals surface area (Å²) >= 11 is 5.82. The lowest BCUT2D eigenvalue weighted by atomic mass is 10.1. The van der Waals surface area contributed by atoms with Crippen LogP contribution in [0.2, 0.25) is 5.02 Å². The zero-order valence-electron chi connectivity index (χ0n) is 14.2. The highest BCUT2D eigenvalue weighted by atomic mass is 35.5. The van der Waals surface area contributed by atoms with Crippen LogP contribution < -0.4 is 10.1 Å². The van der Waals surface area contributed by atoms with Gasteiger partial charge in [-0.1, -0.05) is 11.6 Å². The highest BCUT2D eigenvalue weighted by molar-refractivity contribution is 6.30. The summed E-state index contributed by atoms with van der Waals surface area (Å²) in [7, 11) is 0. The van der Waals surface area contributed by atoms with E-state index in [2.05, 4.69) is 10.4 Å². The predicted molar refractivity (Wildman–Crippen MR) is 100 cm³/mol. The number of nitriles is 1. The smallest absolute Gasteiger partial charge is 0.274 e. The molecule has 140 valence electrons. The summed E-state index contributed by atoms with van der Waals surface area (Å²) in [6, 6.07) is 13.6. The first-order chi connectivity index (χ1) is 13.5. The van der Waals surface area contributed by atoms with Crippen LogP contribution in [0.4, 0.5) is 11.4 Å². The van der Waals surface area contributed by atoms with E-state index in [1.165, 1.54) is 29.1 Å². The molecule has 0 radical (unpaired) electrons. The first-order valence-electron chi connectivity index (χ1n) is 7.88. The molecule has 0 aliphatic carbocycles. The Morgan fingerprint density at radius 2 is 2.04 bits per heavy atom. The van der Waals surface area contributed by atoms with Crippen molar-refractivity contribution < 1.29 is 14.5 Å². The fourth-order valence-corrected chi connectivity index (χ4v) is 2.45. The molecule has 3 aromatic rings. The maximum atomic E-state index is 12.6. The Hall–Kier alpha value is -3.90. The third-order valence-corrected chi connectivity index (χ3v) is 3.95. The van der Waals surface area contributed by atoms with Crippen molar-refractivity contribution in [2.24, 2.45) is 0 Å². The quantitative estimate of drug-likeness (QED) is 0.500. The largest absolute Gasteiger partial charge is 0.471 e. The minimum absolute atomic E-state index is 0.0222. The highest BCUT2D eigenvalue weighted by Gasteiger charge is 2.16. The molecule has 1 N–H and O–H groups in total. The van der Waals surface area contributed by atoms with Crippen LogP contribution in [-0.2, 0) is 6.73 Å². The number of halogens is 1. The Kier molecular flexibility index (Phi) is 5.53. The van der Waals surface area contributed by atoms with E-state index in [1.807, 2.05) is 6.07 Å². The van der Waals surface area contributed by atoms with Crippen LogP contribution in [0, 0.1) is 21.4 Å². The van der Waals surface area contributed by atoms with Crippen molar-refractivity contribution in [1.82, 2.24) is 9.78 Å². The number of benzene rings is 2. The number of non-ortho nitro benzene ring substituents is 1. The van der Waals surface area contributed by atoms with Gasteiger partial charge in [0.25, 0.3) is 11.6 Å². The van der Waals surface area contributed by atoms with Gasteiger partial charge in [-0.15, -0.1) is 0 Å². The molecule has 28 heavy (non-hydrogen) atoms. The van der Waals surface area contributed by atoms with Gasteiger partial charge < -0.3 is 10.1 Å². The number of carbonyl (C=O) groups excluding carboxylic acids is 1. The van der Waals surface area contributed by atoms with Gasteiger partial charge in [0, 0.05) is 23.4 Å². The summed E-state index contributed by atoms with van der Waals surface area (Å²) in [5, 5.41) is 27.2. The lowest BCUT2D eigenvalue weighted by Gasteiger charge is -2.11. The Morgan fingerprint density at radius 3 is 2.71 bits per heavy atom. The number of nitro groups is 1. The van der Waals surface area contributed by atoms with Crippen molar-refractivity contribution in [3.05, 3.63) is 81.1 Å². The second-order valence-corrected chi connectivity index (χ2v) is 5.93. The van der Waals surface area contributed by atoms with Crippen LogP contribution in [0.25, 0.3) is 0 Å². The molecule has 0 atom stereocenters. The van der Waals surface area contributed by atoms with Crippen LogP contribution in [0.3, 0.4) is 0 Å². The van der Waals surface area contributed by atoms with Gasteiger partial charge in [0.1, 0.15) is 17.5 Å². The maximum Gasteiger partial charge on any atom is 0.274 e. The second-order valence-electron chi connectivity index (χ2n) is 5.50. The molecular weight excluding hydrogens is 386 g/mol. The molecule has 0 saturated heterocycles. The van der Waals surface area contributed by atoms with Crippen molar-refractivity contribution in [2.45, 2.75) is 6.73 Å². The van der Waals surface area contributed by atoms with E-state index in [0.717, 1.165) is 6.07 Å². The van der Waals surface area contributed by atoms with Gasteiger partial charge in [0.15, 0.2) is 6.73 Å². The Bertz CT molecular complexity index is 1070. The minimum Gasteiger partial charge on any atom is -0.471 e. The first kappa shape index (κ1) is 18.9. The van der Waals surface area contributed by atoms with E-state index in [9.17, 15) is 20.2 Å². The summed E-state index contributed by atoms with van der Waals surface area (Å²) in [5.41, 5.74) is 0.0858. The van der Waals surface area contributed by atoms with Gasteiger partial charge in [-0.2, -0.15) is 10.4 Å². The SMILES string of the molecule is N#Cc1cc([N+](=O)[O-])ccc1NC(=O)c1ccnn1COc1ccc(Cl)cc1. The fourth-order valence-electron chi connectivity index (χ4n) is 2.33. The fraction of sp³-hybridized carbons (Fsp3) is 0.0556. The van der Waals surface area contributed by atoms with E-state index in [1.54, 1.807) is 24.3 Å². The van der Waals surface area contributed by atoms with Crippen LogP contribution in [0.1, 0.15) is 16.1 Å². The molecule has 0 saturated carbocycles. The van der Waals surface area contributed by atoms with Crippen molar-refractivity contribution in [3.8, 4) is 11.8 Å². The number of nitrogens with zero attached hydrogens (tertiary/aromatic N) is 4. The monoisotopic (exact) mass is 397 g/mol. The molecule has 0 unspecified atom stereocenters. The number of carbonyl (C=O) groups is 1. The normalized spacial score (nSPS) is 10.1. The predicted octanol–water partition coefficient (Wildman–Crippen LogP) is 3.61. The van der Waals surface area contributed by atoms with E-state index in [0.29, 0.717) is 10.8 Å². The van der Waals surface area contributed by atoms with Crippen LogP contribution >= 0.6 is 11.6 Å². The van der Waals surface area contributed by atoms with Gasteiger partial charge in [-0.05, 0) is 36.4 Å². The van der Waals surface area contributed by atoms with Crippen molar-refractivity contribution in [2.75, 3.05) is 5.32 Å². The van der Waals surface area contributed by atoms with Crippen molar-refractivity contribution in [1.29, 1.82) is 5.26 Å². The standard InChI is InChI=1S/C18H12ClN5O4/c19-13-1-4-15(5-2-13)28-11-23-17(7-8-21-23)18(25)22-16-6-3-14(24(26)27)9-12(16)10-20/h1-9H,11H2,(H,22,25). The van der Waals surface area contributed by atoms with E-state index in [4.69, 9.17) is 16.3 Å². The van der Waals surface area contributed by atoms with Gasteiger partial charge in [-0.3, -0.25) is 14.9 Å². The molecule has 0 aliphatic heterocycles. The Morgan fingerprint density at radius 1 is 1.29 bits per heavy atom. The summed E-state index contributed by atoms with van der Waals surface area (Å²) in [6.07, 6.45) is 1.43. The molecule has 1 amide bonds. The number of hydrogen-bond donors (Lipinski definition) is 1. The number of rotatable bonds is 6. The molecule has 1 aromatic heterocycles. The summed E-state index contributed by atoms with van der Waals surface area (Å²) in [4.78, 5) is 22.8. The molecular formula is C18H12ClN5O4. The van der Waals surface area contributed by atoms with Crippen molar-refractivity contribution >= 4 is 28.9 Å². The lowest BCUT2D eigenvalue weighted by molar-refractivity contribution is -0.384. The zero-order valence-corrected chi connectivity index (χ0v) is 15.0. The Labute approximate surface area is 163 Å². The number of hydrogen-bond acceptors (Lipinski definition) is 6. The van der Waals surface area contributed by atoms with Crippen molar-refractivity contribution in [3.63, 3.8) is 0 Å². The molecule has 0 bridgehead atoms. The third kappa shape index (κ3) is 4.25. The molecule has 0 spiro atoms. The van der Waals surface area contributed by atoms with E-state index >= 15 is 0 Å². The molecule has 1 heterocycles. The third-order valence-electron chi connectivity index (χ3n) is 3.70. The number of nitrogens with one attached hydrogen (secondary N) is 1. The molecule has 2 aromatic carbocycles. The summed E-state index contributed by atoms with van der Waals surface area (Å²) < 4.78 is 6.90. The average Bonchev–Trinajstić information content (AvgIpc) is 3.16. The van der Waals surface area contributed by atoms with Crippen LogP contribution in [-0.4, -0.2) is 20.6 Å². The van der Waals surface area contributed by atoms with Crippen LogP contribution in [0.5, 0.6) is 5.75 Å². The van der Waals surface area contributed by atoms with Gasteiger partial charge in [0.05, 0.1) is 16.2 Å². The summed E-state index contributed by atoms with van der Waals surface area (Å²) in [5.74, 6) is 0.0101. The maximum absolute atomic E-state index is 12.6. The number of nitro benzene ring substituents is 1. The molecule has 0 aliphatic rings. The lowest BCUT2D eigenvalue weighted by Crippen LogP contribution is -2.20. The number of anilines is 1. The zero-order chi connectivity index (χ0) is 20.1. The van der Waals surface area contributed by atoms with Crippen LogP contribution in [0.15, 0.2) is 54.7 Å². The van der Waals surface area contributed by atoms with E-state index < -0.39 is 10.8 Å². The Balaban J connectivity index is 1.74. The van der Waals surface area contributed by atoms with Gasteiger partial charge >= 0.3 is 0 Å². The molecule has 9 nitrogen and oxygen atoms in total.